The van der Waals surface area contributed by atoms with Crippen LogP contribution >= 0.6 is 0 Å². The number of nitrogens with one attached hydrogen (secondary N) is 2. The maximum atomic E-state index is 13.9. The Kier molecular flexibility index (Phi) is 7.03. The Morgan fingerprint density at radius 1 is 1.14 bits per heavy atom. The Balaban J connectivity index is 2.16. The van der Waals surface area contributed by atoms with Gasteiger partial charge in [-0.25, -0.2) is 8.78 Å². The van der Waals surface area contributed by atoms with E-state index in [0.717, 1.165) is 29.1 Å². The average Bonchev–Trinajstić information content (AvgIpc) is 2.91. The summed E-state index contributed by atoms with van der Waals surface area (Å²) in [6, 6.07) is 3.16. The molecule has 0 radical (unpaired) electrons. The highest BCUT2D eigenvalue weighted by Gasteiger charge is 2.21. The fraction of sp³-hybridized carbons (Fsp3) is 0.286. The highest BCUT2D eigenvalue weighted by atomic mass is 19.1. The number of nitrogens with zero attached hydrogens (tertiary/aromatic N) is 2. The van der Waals surface area contributed by atoms with Gasteiger partial charge in [0.05, 0.1) is 11.3 Å². The zero-order chi connectivity index (χ0) is 21.7. The van der Waals surface area contributed by atoms with Crippen LogP contribution in [0.25, 0.3) is 0 Å². The van der Waals surface area contributed by atoms with Crippen LogP contribution in [0, 0.1) is 25.5 Å². The minimum atomic E-state index is -0.980. The van der Waals surface area contributed by atoms with Crippen LogP contribution in [-0.4, -0.2) is 21.6 Å². The number of benzene rings is 1. The van der Waals surface area contributed by atoms with Gasteiger partial charge in [-0.3, -0.25) is 14.3 Å². The van der Waals surface area contributed by atoms with Gasteiger partial charge in [-0.2, -0.15) is 5.10 Å². The Morgan fingerprint density at radius 3 is 2.24 bits per heavy atom. The Morgan fingerprint density at radius 2 is 1.76 bits per heavy atom. The molecule has 6 nitrogen and oxygen atoms in total. The first-order valence-corrected chi connectivity index (χ1v) is 9.06. The molecule has 0 saturated heterocycles. The van der Waals surface area contributed by atoms with E-state index in [9.17, 15) is 18.4 Å². The van der Waals surface area contributed by atoms with Crippen molar-refractivity contribution in [2.24, 2.45) is 7.05 Å². The van der Waals surface area contributed by atoms with Gasteiger partial charge >= 0.3 is 0 Å². The molecule has 2 N–H and O–H groups in total. The third kappa shape index (κ3) is 4.77. The molecule has 2 aromatic rings. The topological polar surface area (TPSA) is 76.0 Å². The highest BCUT2D eigenvalue weighted by Crippen LogP contribution is 2.16. The minimum Gasteiger partial charge on any atom is -0.348 e. The summed E-state index contributed by atoms with van der Waals surface area (Å²) in [4.78, 5) is 25.1. The van der Waals surface area contributed by atoms with Crippen molar-refractivity contribution in [3.8, 4) is 0 Å². The van der Waals surface area contributed by atoms with Gasteiger partial charge in [-0.1, -0.05) is 18.2 Å². The predicted octanol–water partition coefficient (Wildman–Crippen LogP) is 3.21. The summed E-state index contributed by atoms with van der Waals surface area (Å²) in [6.45, 7) is 7.26. The molecule has 1 aromatic carbocycles. The minimum absolute atomic E-state index is 0.150. The summed E-state index contributed by atoms with van der Waals surface area (Å²) in [5, 5.41) is 9.52. The SMILES string of the molecule is C/C=C(NC(=O)c1c(F)cccc1F)\C(=C/C)C(=O)NCc1c(C)nn(C)c1C. The summed E-state index contributed by atoms with van der Waals surface area (Å²) in [7, 11) is 1.82. The van der Waals surface area contributed by atoms with Crippen LogP contribution in [0.5, 0.6) is 0 Å². The molecule has 1 heterocycles. The number of hydrogen-bond acceptors (Lipinski definition) is 3. The zero-order valence-electron chi connectivity index (χ0n) is 17.1. The number of carbonyl (C=O) groups is 2. The predicted molar refractivity (Wildman–Crippen MR) is 106 cm³/mol. The van der Waals surface area contributed by atoms with E-state index < -0.39 is 29.0 Å². The lowest BCUT2D eigenvalue weighted by molar-refractivity contribution is -0.117. The second-order valence-corrected chi connectivity index (χ2v) is 6.41. The van der Waals surface area contributed by atoms with E-state index in [4.69, 9.17) is 0 Å². The van der Waals surface area contributed by atoms with Gasteiger partial charge < -0.3 is 10.6 Å². The molecule has 0 aliphatic carbocycles. The first kappa shape index (κ1) is 22.0. The molecule has 2 rings (SSSR count). The molecule has 0 saturated carbocycles. The van der Waals surface area contributed by atoms with E-state index in [1.54, 1.807) is 18.5 Å². The molecule has 0 fully saturated rings. The van der Waals surface area contributed by atoms with E-state index in [2.05, 4.69) is 15.7 Å². The lowest BCUT2D eigenvalue weighted by Crippen LogP contribution is -2.32. The summed E-state index contributed by atoms with van der Waals surface area (Å²) in [5.74, 6) is -3.36. The van der Waals surface area contributed by atoms with Crippen molar-refractivity contribution in [3.05, 3.63) is 75.8 Å². The summed E-state index contributed by atoms with van der Waals surface area (Å²) in [5.41, 5.74) is 2.26. The van der Waals surface area contributed by atoms with Gasteiger partial charge in [-0.15, -0.1) is 0 Å². The van der Waals surface area contributed by atoms with Crippen molar-refractivity contribution in [1.29, 1.82) is 0 Å². The van der Waals surface area contributed by atoms with Gasteiger partial charge in [0, 0.05) is 30.5 Å². The highest BCUT2D eigenvalue weighted by molar-refractivity contribution is 6.01. The average molecular weight is 402 g/mol. The van der Waals surface area contributed by atoms with Gasteiger partial charge in [0.15, 0.2) is 0 Å². The van der Waals surface area contributed by atoms with Crippen molar-refractivity contribution >= 4 is 11.8 Å². The molecule has 2 amide bonds. The molecule has 29 heavy (non-hydrogen) atoms. The fourth-order valence-corrected chi connectivity index (χ4v) is 2.94. The maximum Gasteiger partial charge on any atom is 0.261 e. The van der Waals surface area contributed by atoms with E-state index in [-0.39, 0.29) is 17.8 Å². The van der Waals surface area contributed by atoms with Crippen LogP contribution in [0.1, 0.15) is 41.2 Å². The number of hydrogen-bond donors (Lipinski definition) is 2. The first-order valence-electron chi connectivity index (χ1n) is 9.06. The second kappa shape index (κ2) is 9.27. The number of amides is 2. The maximum absolute atomic E-state index is 13.9. The van der Waals surface area contributed by atoms with Crippen molar-refractivity contribution in [2.45, 2.75) is 34.2 Å². The molecule has 0 atom stereocenters. The zero-order valence-corrected chi connectivity index (χ0v) is 17.1. The van der Waals surface area contributed by atoms with Crippen molar-refractivity contribution in [2.75, 3.05) is 0 Å². The molecule has 8 heteroatoms. The van der Waals surface area contributed by atoms with E-state index in [1.807, 2.05) is 20.9 Å². The first-order chi connectivity index (χ1) is 13.7. The van der Waals surface area contributed by atoms with Crippen LogP contribution in [-0.2, 0) is 18.4 Å². The van der Waals surface area contributed by atoms with Gasteiger partial charge in [-0.05, 0) is 39.8 Å². The van der Waals surface area contributed by atoms with E-state index in [1.165, 1.54) is 18.2 Å². The third-order valence-corrected chi connectivity index (χ3v) is 4.63. The molecular weight excluding hydrogens is 378 g/mol. The summed E-state index contributed by atoms with van der Waals surface area (Å²) < 4.78 is 29.5. The number of aryl methyl sites for hydroxylation is 2. The van der Waals surface area contributed by atoms with Crippen LogP contribution in [0.4, 0.5) is 8.78 Å². The van der Waals surface area contributed by atoms with Crippen LogP contribution in [0.3, 0.4) is 0 Å². The molecule has 0 unspecified atom stereocenters. The van der Waals surface area contributed by atoms with Crippen molar-refractivity contribution in [3.63, 3.8) is 0 Å². The molecule has 1 aromatic heterocycles. The second-order valence-electron chi connectivity index (χ2n) is 6.41. The number of rotatable bonds is 6. The molecule has 0 spiro atoms. The Hall–Kier alpha value is -3.29. The normalized spacial score (nSPS) is 12.1. The van der Waals surface area contributed by atoms with E-state index in [0.29, 0.717) is 0 Å². The third-order valence-electron chi connectivity index (χ3n) is 4.63. The molecule has 0 aliphatic heterocycles. The molecular formula is C21H24F2N4O2. The lowest BCUT2D eigenvalue weighted by Gasteiger charge is -2.14. The van der Waals surface area contributed by atoms with E-state index >= 15 is 0 Å². The number of allylic oxidation sites excluding steroid dienone is 2. The number of aromatic nitrogens is 2. The van der Waals surface area contributed by atoms with Crippen molar-refractivity contribution < 1.29 is 18.4 Å². The number of carbonyl (C=O) groups excluding carboxylic acids is 2. The standard InChI is InChI=1S/C21H24F2N4O2/c1-6-14(20(28)24-11-15-12(3)26-27(5)13(15)4)18(7-2)25-21(29)19-16(22)9-8-10-17(19)23/h6-10H,11H2,1-5H3,(H,24,28)(H,25,29)/b14-6+,18-7+. The van der Waals surface area contributed by atoms with Gasteiger partial charge in [0.25, 0.3) is 11.8 Å². The smallest absolute Gasteiger partial charge is 0.261 e. The summed E-state index contributed by atoms with van der Waals surface area (Å²) in [6.07, 6.45) is 3.01. The molecule has 154 valence electrons. The monoisotopic (exact) mass is 402 g/mol. The Bertz CT molecular complexity index is 986. The largest absolute Gasteiger partial charge is 0.348 e. The summed E-state index contributed by atoms with van der Waals surface area (Å²) >= 11 is 0. The Labute approximate surface area is 168 Å². The van der Waals surface area contributed by atoms with Crippen LogP contribution in [0.15, 0.2) is 41.6 Å². The molecule has 0 bridgehead atoms. The quantitative estimate of drug-likeness (QED) is 0.576. The van der Waals surface area contributed by atoms with Crippen LogP contribution in [0.2, 0.25) is 0 Å². The van der Waals surface area contributed by atoms with Gasteiger partial charge in [0.1, 0.15) is 17.2 Å². The lowest BCUT2D eigenvalue weighted by atomic mass is 10.1. The fourth-order valence-electron chi connectivity index (χ4n) is 2.94. The molecule has 0 aliphatic rings. The van der Waals surface area contributed by atoms with Crippen LogP contribution < -0.4 is 10.6 Å². The van der Waals surface area contributed by atoms with Crippen molar-refractivity contribution in [1.82, 2.24) is 20.4 Å². The van der Waals surface area contributed by atoms with Gasteiger partial charge in [0.2, 0.25) is 0 Å². The number of halogens is 2.